The molecule has 0 aromatic heterocycles. The van der Waals surface area contributed by atoms with Gasteiger partial charge in [0.25, 0.3) is 0 Å². The molecule has 0 aliphatic carbocycles. The van der Waals surface area contributed by atoms with Crippen molar-refractivity contribution in [2.24, 2.45) is 0 Å². The lowest BCUT2D eigenvalue weighted by Crippen LogP contribution is -2.34. The number of para-hydroxylation sites is 1. The molecule has 0 radical (unpaired) electrons. The quantitative estimate of drug-likeness (QED) is 0.0239. The summed E-state index contributed by atoms with van der Waals surface area (Å²) in [6, 6.07) is 76.0. The molecule has 30 heteroatoms. The summed E-state index contributed by atoms with van der Waals surface area (Å²) < 4.78 is 130. The molecule has 10 aromatic carbocycles. The fraction of sp³-hybridized carbons (Fsp3) is 0.229. The molecule has 10 aromatic rings. The highest BCUT2D eigenvalue weighted by Crippen LogP contribution is 2.44. The number of hydrogen-bond donors (Lipinski definition) is 5. The highest BCUT2D eigenvalue weighted by molar-refractivity contribution is 6.00. The van der Waals surface area contributed by atoms with E-state index in [-0.39, 0.29) is 117 Å². The van der Waals surface area contributed by atoms with Gasteiger partial charge in [0.1, 0.15) is 43.7 Å². The van der Waals surface area contributed by atoms with Crippen molar-refractivity contribution in [2.45, 2.75) is 142 Å². The molecule has 5 aliphatic rings. The maximum Gasteiger partial charge on any atom is 0.416 e. The summed E-state index contributed by atoms with van der Waals surface area (Å²) in [4.78, 5) is 135. The Kier molecular flexibility index (Phi) is 34.8. The molecular weight excluding hydrogens is 1750 g/mol. The molecule has 23 nitrogen and oxygen atoms in total. The lowest BCUT2D eigenvalue weighted by Gasteiger charge is -2.28. The van der Waals surface area contributed by atoms with Gasteiger partial charge in [0.2, 0.25) is 29.5 Å². The van der Waals surface area contributed by atoms with Crippen molar-refractivity contribution in [1.82, 2.24) is 26.6 Å². The summed E-state index contributed by atoms with van der Waals surface area (Å²) in [6.07, 6.45) is -9.03. The predicted octanol–water partition coefficient (Wildman–Crippen LogP) is 19.1. The number of carbonyl (C=O) groups is 11. The van der Waals surface area contributed by atoms with Crippen LogP contribution in [0.4, 0.5) is 30.7 Å². The number of carbonyl (C=O) groups excluding carboxylic acids is 11. The molecule has 5 N–H and O–H groups in total. The molecule has 698 valence electrons. The minimum atomic E-state index is -4.60. The molecule has 5 unspecified atom stereocenters. The maximum atomic E-state index is 14.2. The first-order valence-corrected chi connectivity index (χ1v) is 42.8. The zero-order chi connectivity index (χ0) is 97.0. The van der Waals surface area contributed by atoms with Gasteiger partial charge in [-0.2, -0.15) is 26.3 Å². The zero-order valence-electron chi connectivity index (χ0n) is 74.4. The number of hydrogen-bond acceptors (Lipinski definition) is 18. The second kappa shape index (κ2) is 47.0. The van der Waals surface area contributed by atoms with Gasteiger partial charge in [-0.05, 0) is 152 Å². The molecule has 135 heavy (non-hydrogen) atoms. The molecule has 5 amide bonds. The van der Waals surface area contributed by atoms with E-state index in [1.54, 1.807) is 101 Å². The number of rotatable bonds is 22. The van der Waals surface area contributed by atoms with Gasteiger partial charge in [0.05, 0.1) is 58.3 Å². The fourth-order valence-electron chi connectivity index (χ4n) is 15.8. The first-order valence-electron chi connectivity index (χ1n) is 42.8. The van der Waals surface area contributed by atoms with E-state index in [4.69, 9.17) is 33.2 Å². The number of nitrogens with one attached hydrogen (secondary N) is 5. The van der Waals surface area contributed by atoms with Crippen LogP contribution in [0.3, 0.4) is 0 Å². The van der Waals surface area contributed by atoms with Crippen LogP contribution in [0.2, 0.25) is 0 Å². The van der Waals surface area contributed by atoms with E-state index in [2.05, 4.69) is 26.6 Å². The third-order valence-electron chi connectivity index (χ3n) is 22.1. The third kappa shape index (κ3) is 27.5. The van der Waals surface area contributed by atoms with Crippen LogP contribution in [0.1, 0.15) is 175 Å². The average molecular weight is 1850 g/mol. The van der Waals surface area contributed by atoms with Crippen LogP contribution in [0.15, 0.2) is 329 Å². The predicted molar refractivity (Wildman–Crippen MR) is 483 cm³/mol. The smallest absolute Gasteiger partial charge is 0.416 e. The van der Waals surface area contributed by atoms with Gasteiger partial charge in [-0.3, -0.25) is 24.0 Å². The molecular formula is C105H96F7N5O18. The van der Waals surface area contributed by atoms with Gasteiger partial charge in [-0.15, -0.1) is 0 Å². The number of ether oxygens (including phenoxy) is 7. The maximum absolute atomic E-state index is 14.2. The molecule has 0 bridgehead atoms. The van der Waals surface area contributed by atoms with Crippen LogP contribution in [0, 0.1) is 5.82 Å². The number of alkyl halides is 6. The lowest BCUT2D eigenvalue weighted by atomic mass is 9.82. The first-order chi connectivity index (χ1) is 64.7. The summed E-state index contributed by atoms with van der Waals surface area (Å²) >= 11 is 0. The monoisotopic (exact) mass is 1850 g/mol. The minimum Gasteiger partial charge on any atom is -0.465 e. The second-order valence-corrected chi connectivity index (χ2v) is 31.5. The van der Waals surface area contributed by atoms with Crippen molar-refractivity contribution < 1.29 is 117 Å². The number of esters is 6. The Labute approximate surface area is 773 Å². The summed E-state index contributed by atoms with van der Waals surface area (Å²) in [7, 11) is 1.31. The summed E-state index contributed by atoms with van der Waals surface area (Å²) in [6.45, 7) is 10.5. The average Bonchev–Trinajstić information content (AvgIpc) is 0.773. The van der Waals surface area contributed by atoms with Crippen LogP contribution in [-0.2, 0) is 115 Å². The standard InChI is InChI=1S/C22H21NO5.2C21H18F3NO3.C21H21NO4.C20H18FNO3/c1-14-20(22(26)28-13-15-6-4-3-5-7-15)18(12-19(24)23-14)16-8-10-17(11-9-16)21(25)27-2;1-13-19(20(27)28-12-14-7-3-2-4-8-14)16(11-18(26)25-13)15-9-5-6-10-17(15)21(22,23)24;1-13-19(20(27)28-12-14-5-3-2-4-6-14)17(11-18(26)25-13)15-7-9-16(10-8-15)21(22,23)24;1-3-25-21(24)20-14(2)22-19(23)13-18(20)15-8-7-11-17(12-15)26-16-9-5-4-6-10-16;1-13-19(20(24)25-12-14-7-3-2-4-8-14)16(11-18(23)22-13)15-9-5-6-10-17(15)21/h3-11,18H,12-13H2,1-2H3,(H,23,24);2-10,16H,11-12H2,1H3,(H,25,26);2-10,17H,11-12H2,1H3,(H,25,26);4-12,18H,3,13H2,1-2H3,(H,22,23);2-10,16H,11-12H2,1H3,(H,22,23). The normalized spacial score (nSPS) is 17.0. The first kappa shape index (κ1) is 99.9. The Morgan fingerprint density at radius 2 is 0.622 bits per heavy atom. The van der Waals surface area contributed by atoms with E-state index in [9.17, 15) is 83.5 Å². The minimum absolute atomic E-state index is 0.00798. The lowest BCUT2D eigenvalue weighted by molar-refractivity contribution is -0.142. The highest BCUT2D eigenvalue weighted by atomic mass is 19.4. The van der Waals surface area contributed by atoms with Crippen LogP contribution in [0.5, 0.6) is 11.5 Å². The van der Waals surface area contributed by atoms with Gasteiger partial charge in [0, 0.05) is 90.2 Å². The second-order valence-electron chi connectivity index (χ2n) is 31.5. The Balaban J connectivity index is 0.000000162. The third-order valence-corrected chi connectivity index (χ3v) is 22.1. The molecule has 0 spiro atoms. The topological polar surface area (TPSA) is 313 Å². The van der Waals surface area contributed by atoms with Crippen molar-refractivity contribution >= 4 is 65.4 Å². The van der Waals surface area contributed by atoms with E-state index >= 15 is 0 Å². The summed E-state index contributed by atoms with van der Waals surface area (Å²) in [5, 5.41) is 13.2. The van der Waals surface area contributed by atoms with Crippen molar-refractivity contribution in [3.8, 4) is 11.5 Å². The van der Waals surface area contributed by atoms with E-state index in [1.165, 1.54) is 50.4 Å². The molecule has 5 aliphatic heterocycles. The van der Waals surface area contributed by atoms with Crippen molar-refractivity contribution in [1.29, 1.82) is 0 Å². The van der Waals surface area contributed by atoms with Crippen molar-refractivity contribution in [2.75, 3.05) is 13.7 Å². The number of amides is 5. The van der Waals surface area contributed by atoms with Crippen molar-refractivity contribution in [3.63, 3.8) is 0 Å². The number of methoxy groups -OCH3 is 1. The fourth-order valence-corrected chi connectivity index (χ4v) is 15.8. The molecule has 0 fully saturated rings. The number of benzene rings is 10. The van der Waals surface area contributed by atoms with E-state index in [1.807, 2.05) is 152 Å². The number of halogens is 7. The van der Waals surface area contributed by atoms with E-state index < -0.39 is 94.7 Å². The van der Waals surface area contributed by atoms with Crippen molar-refractivity contribution in [3.05, 3.63) is 402 Å². The van der Waals surface area contributed by atoms with Gasteiger partial charge >= 0.3 is 48.2 Å². The van der Waals surface area contributed by atoms with Gasteiger partial charge in [-0.1, -0.05) is 212 Å². The summed E-state index contributed by atoms with van der Waals surface area (Å²) in [5.41, 5.74) is 7.77. The Bertz CT molecular complexity index is 6150. The zero-order valence-corrected chi connectivity index (χ0v) is 74.4. The van der Waals surface area contributed by atoms with E-state index in [0.29, 0.717) is 61.9 Å². The van der Waals surface area contributed by atoms with Gasteiger partial charge < -0.3 is 59.7 Å². The largest absolute Gasteiger partial charge is 0.465 e. The van der Waals surface area contributed by atoms with Crippen LogP contribution < -0.4 is 31.3 Å². The Hall–Kier alpha value is -15.6. The Morgan fingerprint density at radius 3 is 0.978 bits per heavy atom. The molecule has 0 saturated heterocycles. The van der Waals surface area contributed by atoms with Gasteiger partial charge in [-0.25, -0.2) is 33.2 Å². The molecule has 5 heterocycles. The van der Waals surface area contributed by atoms with E-state index in [0.717, 1.165) is 57.3 Å². The van der Waals surface area contributed by atoms with Crippen LogP contribution in [0.25, 0.3) is 0 Å². The molecule has 15 rings (SSSR count). The number of allylic oxidation sites excluding steroid dienone is 5. The molecule has 5 atom stereocenters. The summed E-state index contributed by atoms with van der Waals surface area (Å²) in [5.74, 6) is -6.70. The van der Waals surface area contributed by atoms with Crippen LogP contribution >= 0.6 is 0 Å². The SMILES string of the molecule is CC1=C(C(=O)OCc2ccccc2)C(c2ccc(C(F)(F)F)cc2)CC(=O)N1.CC1=C(C(=O)OCc2ccccc2)C(c2ccccc2C(F)(F)F)CC(=O)N1.CC1=C(C(=O)OCc2ccccc2)C(c2ccccc2F)CC(=O)N1.CCOC(=O)C1=C(C)NC(=O)CC1c1cccc(Oc2ccccc2)c1.COC(=O)c1ccc(C2CC(=O)NC(C)=C2C(=O)OCc2ccccc2)cc1. The highest BCUT2D eigenvalue weighted by Gasteiger charge is 2.42. The van der Waals surface area contributed by atoms with Gasteiger partial charge in [0.15, 0.2) is 0 Å². The van der Waals surface area contributed by atoms with Crippen LogP contribution in [-0.4, -0.2) is 79.1 Å². The molecule has 0 saturated carbocycles. The Morgan fingerprint density at radius 1 is 0.319 bits per heavy atom.